The van der Waals surface area contributed by atoms with Gasteiger partial charge in [0.1, 0.15) is 5.75 Å². The molecule has 7 rings (SSSR count). The Morgan fingerprint density at radius 1 is 0.810 bits per heavy atom. The number of ketones is 2. The molecule has 0 aromatic heterocycles. The molecule has 7 heteroatoms. The van der Waals surface area contributed by atoms with E-state index >= 15 is 0 Å². The van der Waals surface area contributed by atoms with Crippen molar-refractivity contribution in [2.45, 2.75) is 25.7 Å². The average Bonchev–Trinajstić information content (AvgIpc) is 3.25. The fourth-order valence-corrected chi connectivity index (χ4v) is 7.11. The lowest BCUT2D eigenvalue weighted by Crippen LogP contribution is -2.39. The molecule has 2 N–H and O–H groups in total. The molecule has 3 aromatic carbocycles. The summed E-state index contributed by atoms with van der Waals surface area (Å²) in [7, 11) is 0. The van der Waals surface area contributed by atoms with E-state index in [0.717, 1.165) is 16.9 Å². The minimum Gasteiger partial charge on any atom is -0.508 e. The number of para-hydroxylation sites is 2. The molecule has 4 aliphatic rings. The quantitative estimate of drug-likeness (QED) is 0.240. The molecular formula is C35H28N2O5. The Morgan fingerprint density at radius 3 is 2.24 bits per heavy atom. The number of carbonyl (C=O) groups is 4. The summed E-state index contributed by atoms with van der Waals surface area (Å²) in [5, 5.41) is 14.1. The average molecular weight is 557 g/mol. The first kappa shape index (κ1) is 25.9. The fourth-order valence-electron chi connectivity index (χ4n) is 7.11. The van der Waals surface area contributed by atoms with Gasteiger partial charge in [-0.15, -0.1) is 0 Å². The van der Waals surface area contributed by atoms with E-state index < -0.39 is 23.7 Å². The molecule has 4 atom stereocenters. The number of benzene rings is 3. The number of phenolic OH excluding ortho intramolecular Hbond substituents is 1. The lowest BCUT2D eigenvalue weighted by atomic mass is 9.59. The van der Waals surface area contributed by atoms with E-state index in [4.69, 9.17) is 0 Å². The molecule has 1 fully saturated rings. The first-order valence-electron chi connectivity index (χ1n) is 14.1. The second kappa shape index (κ2) is 9.80. The van der Waals surface area contributed by atoms with Gasteiger partial charge in [-0.1, -0.05) is 48.0 Å². The Hall–Kier alpha value is -5.04. The molecule has 3 aromatic rings. The highest BCUT2D eigenvalue weighted by molar-refractivity contribution is 6.25. The lowest BCUT2D eigenvalue weighted by Gasteiger charge is -2.42. The summed E-state index contributed by atoms with van der Waals surface area (Å²) in [5.41, 5.74) is 4.68. The minimum absolute atomic E-state index is 0.0178. The Bertz CT molecular complexity index is 1770. The van der Waals surface area contributed by atoms with Gasteiger partial charge in [-0.05, 0) is 74.2 Å². The number of carbonyl (C=O) groups excluding carboxylic acids is 4. The third kappa shape index (κ3) is 3.96. The maximum atomic E-state index is 14.1. The summed E-state index contributed by atoms with van der Waals surface area (Å²) in [4.78, 5) is 55.9. The third-order valence-corrected chi connectivity index (χ3v) is 9.00. The van der Waals surface area contributed by atoms with Gasteiger partial charge >= 0.3 is 0 Å². The summed E-state index contributed by atoms with van der Waals surface area (Å²) >= 11 is 0. The maximum Gasteiger partial charge on any atom is 0.238 e. The van der Waals surface area contributed by atoms with Crippen molar-refractivity contribution >= 4 is 40.4 Å². The molecule has 2 amide bonds. The molecule has 1 saturated heterocycles. The number of aromatic hydroxyl groups is 1. The van der Waals surface area contributed by atoms with Gasteiger partial charge in [0.25, 0.3) is 0 Å². The van der Waals surface area contributed by atoms with Crippen molar-refractivity contribution in [1.82, 2.24) is 0 Å². The molecule has 208 valence electrons. The van der Waals surface area contributed by atoms with Crippen LogP contribution in [0.15, 0.2) is 113 Å². The van der Waals surface area contributed by atoms with Crippen molar-refractivity contribution in [3.63, 3.8) is 0 Å². The molecule has 0 radical (unpaired) electrons. The summed E-state index contributed by atoms with van der Waals surface area (Å²) < 4.78 is 0. The SMILES string of the molecule is CC1=CC(=O)C2=C(C[C@@H]3C(=CC[C@@H]4C(=O)N(c5ccc(Nc6ccccc6)cc5)C(=O)[C@@H]43)[C@@H]2c2ccccc2O)C1=O. The molecular weight excluding hydrogens is 528 g/mol. The second-order valence-corrected chi connectivity index (χ2v) is 11.3. The zero-order valence-electron chi connectivity index (χ0n) is 22.9. The van der Waals surface area contributed by atoms with E-state index in [-0.39, 0.29) is 35.6 Å². The van der Waals surface area contributed by atoms with E-state index in [1.54, 1.807) is 43.3 Å². The van der Waals surface area contributed by atoms with Crippen LogP contribution in [0.4, 0.5) is 17.1 Å². The number of allylic oxidation sites excluding steroid dienone is 6. The number of amides is 2. The minimum atomic E-state index is -0.670. The number of fused-ring (bicyclic) bond motifs is 3. The van der Waals surface area contributed by atoms with E-state index in [9.17, 15) is 24.3 Å². The molecule has 0 spiro atoms. The molecule has 0 bridgehead atoms. The zero-order chi connectivity index (χ0) is 29.1. The van der Waals surface area contributed by atoms with Gasteiger partial charge < -0.3 is 10.4 Å². The highest BCUT2D eigenvalue weighted by atomic mass is 16.3. The molecule has 0 saturated carbocycles. The number of hydrogen-bond donors (Lipinski definition) is 2. The van der Waals surface area contributed by atoms with Crippen molar-refractivity contribution < 1.29 is 24.3 Å². The second-order valence-electron chi connectivity index (χ2n) is 11.3. The standard InChI is InChI=1S/C35H28N2O5/c1-19-17-29(39)32-27(33(19)40)18-26-23(30(32)24-9-5-6-10-28(24)38)15-16-25-31(26)35(42)37(34(25)41)22-13-11-21(12-14-22)36-20-7-3-2-4-8-20/h2-15,17,25-26,30-31,36,38H,16,18H2,1H3/t25-,26+,30+,31-/m0/s1. The van der Waals surface area contributed by atoms with Crippen LogP contribution >= 0.6 is 0 Å². The summed E-state index contributed by atoms with van der Waals surface area (Å²) in [6, 6.07) is 23.7. The van der Waals surface area contributed by atoms with E-state index in [1.807, 2.05) is 48.5 Å². The van der Waals surface area contributed by atoms with Crippen molar-refractivity contribution in [2.75, 3.05) is 10.2 Å². The normalized spacial score (nSPS) is 25.0. The number of anilines is 3. The van der Waals surface area contributed by atoms with Gasteiger partial charge in [-0.25, -0.2) is 0 Å². The van der Waals surface area contributed by atoms with Crippen LogP contribution in [0.1, 0.15) is 31.2 Å². The predicted molar refractivity (Wildman–Crippen MR) is 158 cm³/mol. The zero-order valence-corrected chi connectivity index (χ0v) is 22.9. The Kier molecular flexibility index (Phi) is 6.04. The number of phenols is 1. The van der Waals surface area contributed by atoms with Crippen molar-refractivity contribution in [3.8, 4) is 5.75 Å². The maximum absolute atomic E-state index is 14.1. The molecule has 1 heterocycles. The van der Waals surface area contributed by atoms with E-state index in [1.165, 1.54) is 11.0 Å². The third-order valence-electron chi connectivity index (χ3n) is 9.00. The number of nitrogens with one attached hydrogen (secondary N) is 1. The monoisotopic (exact) mass is 556 g/mol. The Labute approximate surface area is 242 Å². The number of imide groups is 1. The highest BCUT2D eigenvalue weighted by Crippen LogP contribution is 2.56. The molecule has 0 unspecified atom stereocenters. The van der Waals surface area contributed by atoms with Gasteiger partial charge in [0.2, 0.25) is 11.8 Å². The Balaban J connectivity index is 1.25. The van der Waals surface area contributed by atoms with Gasteiger partial charge in [0, 0.05) is 39.6 Å². The number of hydrogen-bond acceptors (Lipinski definition) is 6. The number of rotatable bonds is 4. The summed E-state index contributed by atoms with van der Waals surface area (Å²) in [6.07, 6.45) is 3.87. The highest BCUT2D eigenvalue weighted by Gasteiger charge is 2.56. The van der Waals surface area contributed by atoms with Crippen LogP contribution in [0.2, 0.25) is 0 Å². The van der Waals surface area contributed by atoms with Crippen LogP contribution in [-0.2, 0) is 19.2 Å². The largest absolute Gasteiger partial charge is 0.508 e. The summed E-state index contributed by atoms with van der Waals surface area (Å²) in [5.74, 6) is -3.36. The van der Waals surface area contributed by atoms with Gasteiger partial charge in [-0.3, -0.25) is 24.1 Å². The smallest absolute Gasteiger partial charge is 0.238 e. The van der Waals surface area contributed by atoms with Crippen molar-refractivity contribution in [1.29, 1.82) is 0 Å². The predicted octanol–water partition coefficient (Wildman–Crippen LogP) is 5.77. The van der Waals surface area contributed by atoms with Crippen molar-refractivity contribution in [3.05, 3.63) is 119 Å². The fraction of sp³-hybridized carbons (Fsp3) is 0.200. The van der Waals surface area contributed by atoms with Crippen LogP contribution < -0.4 is 10.2 Å². The first-order valence-corrected chi connectivity index (χ1v) is 14.1. The molecule has 3 aliphatic carbocycles. The van der Waals surface area contributed by atoms with E-state index in [0.29, 0.717) is 34.4 Å². The Morgan fingerprint density at radius 2 is 1.50 bits per heavy atom. The van der Waals surface area contributed by atoms with E-state index in [2.05, 4.69) is 5.32 Å². The van der Waals surface area contributed by atoms with Gasteiger partial charge in [-0.2, -0.15) is 0 Å². The molecule has 1 aliphatic heterocycles. The molecule has 7 nitrogen and oxygen atoms in total. The number of Topliss-reactive ketones (excluding diaryl/α,β-unsaturated/α-hetero) is 1. The van der Waals surface area contributed by atoms with Crippen LogP contribution in [0, 0.1) is 17.8 Å². The van der Waals surface area contributed by atoms with Crippen LogP contribution in [-0.4, -0.2) is 28.5 Å². The van der Waals surface area contributed by atoms with Gasteiger partial charge in [0.15, 0.2) is 11.6 Å². The lowest BCUT2D eigenvalue weighted by molar-refractivity contribution is -0.123. The van der Waals surface area contributed by atoms with Crippen LogP contribution in [0.3, 0.4) is 0 Å². The van der Waals surface area contributed by atoms with Crippen molar-refractivity contribution in [2.24, 2.45) is 17.8 Å². The topological polar surface area (TPSA) is 104 Å². The molecule has 42 heavy (non-hydrogen) atoms. The van der Waals surface area contributed by atoms with Crippen LogP contribution in [0.5, 0.6) is 5.75 Å². The van der Waals surface area contributed by atoms with Gasteiger partial charge in [0.05, 0.1) is 17.5 Å². The first-order chi connectivity index (χ1) is 20.3. The number of nitrogens with zero attached hydrogens (tertiary/aromatic N) is 1. The van der Waals surface area contributed by atoms with Crippen LogP contribution in [0.25, 0.3) is 0 Å². The summed E-state index contributed by atoms with van der Waals surface area (Å²) in [6.45, 7) is 1.62.